The van der Waals surface area contributed by atoms with Crippen molar-refractivity contribution in [3.05, 3.63) is 22.9 Å². The molecule has 0 saturated carbocycles. The molecule has 0 N–H and O–H groups in total. The molecule has 4 heteroatoms. The second-order valence-electron chi connectivity index (χ2n) is 5.06. The van der Waals surface area contributed by atoms with Crippen molar-refractivity contribution < 1.29 is 0 Å². The lowest BCUT2D eigenvalue weighted by molar-refractivity contribution is 0.390. The fraction of sp³-hybridized carbons (Fsp3) is 0.667. The first-order valence-electron chi connectivity index (χ1n) is 5.75. The number of allylic oxidation sites excluding steroid dienone is 4. The molecule has 0 aliphatic heterocycles. The second kappa shape index (κ2) is 4.83. The van der Waals surface area contributed by atoms with Gasteiger partial charge in [0.2, 0.25) is 0 Å². The Morgan fingerprint density at radius 1 is 0.875 bits per heavy atom. The molecule has 0 bridgehead atoms. The normalized spacial score (nSPS) is 17.4. The Bertz CT molecular complexity index is 294. The van der Waals surface area contributed by atoms with E-state index in [2.05, 4.69) is 75.1 Å². The van der Waals surface area contributed by atoms with Crippen LogP contribution in [0.25, 0.3) is 0 Å². The number of hydrogen-bond donors (Lipinski definition) is 0. The molecule has 1 aliphatic rings. The number of nitrogens with zero attached hydrogens (tertiary/aromatic N) is 3. The summed E-state index contributed by atoms with van der Waals surface area (Å²) in [5.41, 5.74) is 1.45. The standard InChI is InChI=1S/C12H25N3Si/c1-11-9-8-10-12(11)16(13(2)3,14(4)5)15(6)7/h9-10H,8H2,1-7H3. The molecule has 0 atom stereocenters. The second-order valence-corrected chi connectivity index (χ2v) is 9.55. The third-order valence-electron chi connectivity index (χ3n) is 3.40. The smallest absolute Gasteiger partial charge is 0.301 e. The summed E-state index contributed by atoms with van der Waals surface area (Å²) in [4.78, 5) is 0. The van der Waals surface area contributed by atoms with Gasteiger partial charge in [-0.15, -0.1) is 0 Å². The van der Waals surface area contributed by atoms with Gasteiger partial charge in [-0.2, -0.15) is 0 Å². The maximum absolute atomic E-state index is 2.40. The van der Waals surface area contributed by atoms with Crippen LogP contribution in [0, 0.1) is 0 Å². The maximum Gasteiger partial charge on any atom is 0.322 e. The monoisotopic (exact) mass is 239 g/mol. The summed E-state index contributed by atoms with van der Waals surface area (Å²) in [5.74, 6) is 0. The van der Waals surface area contributed by atoms with E-state index >= 15 is 0 Å². The quantitative estimate of drug-likeness (QED) is 0.687. The highest BCUT2D eigenvalue weighted by Crippen LogP contribution is 2.31. The largest absolute Gasteiger partial charge is 0.322 e. The average molecular weight is 239 g/mol. The van der Waals surface area contributed by atoms with Gasteiger partial charge < -0.3 is 13.7 Å². The molecule has 0 heterocycles. The van der Waals surface area contributed by atoms with Crippen molar-refractivity contribution in [2.24, 2.45) is 0 Å². The molecule has 92 valence electrons. The highest BCUT2D eigenvalue weighted by Gasteiger charge is 2.47. The molecule has 0 radical (unpaired) electrons. The molecule has 3 nitrogen and oxygen atoms in total. The van der Waals surface area contributed by atoms with Crippen LogP contribution >= 0.6 is 0 Å². The predicted octanol–water partition coefficient (Wildman–Crippen LogP) is 1.43. The molecule has 0 saturated heterocycles. The molecule has 0 fully saturated rings. The molecule has 0 aromatic carbocycles. The Balaban J connectivity index is 3.28. The molecule has 1 rings (SSSR count). The van der Waals surface area contributed by atoms with E-state index in [-0.39, 0.29) is 0 Å². The van der Waals surface area contributed by atoms with Crippen LogP contribution in [0.4, 0.5) is 0 Å². The van der Waals surface area contributed by atoms with Crippen molar-refractivity contribution >= 4 is 8.56 Å². The minimum Gasteiger partial charge on any atom is -0.301 e. The lowest BCUT2D eigenvalue weighted by atomic mass is 10.3. The van der Waals surface area contributed by atoms with Crippen LogP contribution in [0.1, 0.15) is 13.3 Å². The van der Waals surface area contributed by atoms with Crippen molar-refractivity contribution in [3.63, 3.8) is 0 Å². The SMILES string of the molecule is CC1=CCC=C1[Si](N(C)C)(N(C)C)N(C)C. The van der Waals surface area contributed by atoms with E-state index < -0.39 is 8.56 Å². The number of hydrogen-bond acceptors (Lipinski definition) is 3. The Labute approximate surface area is 101 Å². The van der Waals surface area contributed by atoms with E-state index in [1.54, 1.807) is 0 Å². The third kappa shape index (κ3) is 1.90. The summed E-state index contributed by atoms with van der Waals surface area (Å²) in [5, 5.41) is 1.53. The van der Waals surface area contributed by atoms with Crippen molar-refractivity contribution in [2.75, 3.05) is 42.3 Å². The van der Waals surface area contributed by atoms with Gasteiger partial charge in [-0.3, -0.25) is 0 Å². The first kappa shape index (κ1) is 13.6. The lowest BCUT2D eigenvalue weighted by Gasteiger charge is -2.47. The molecule has 1 aliphatic carbocycles. The van der Waals surface area contributed by atoms with E-state index in [1.165, 1.54) is 10.8 Å². The zero-order valence-corrected chi connectivity index (χ0v) is 12.7. The third-order valence-corrected chi connectivity index (χ3v) is 8.47. The fourth-order valence-corrected chi connectivity index (χ4v) is 7.82. The summed E-state index contributed by atoms with van der Waals surface area (Å²) in [7, 11) is 11.3. The Hall–Kier alpha value is -0.423. The Kier molecular flexibility index (Phi) is 4.12. The van der Waals surface area contributed by atoms with Crippen LogP contribution in [-0.4, -0.2) is 64.5 Å². The van der Waals surface area contributed by atoms with Crippen LogP contribution in [0.15, 0.2) is 22.9 Å². The molecule has 16 heavy (non-hydrogen) atoms. The topological polar surface area (TPSA) is 9.72 Å². The Morgan fingerprint density at radius 2 is 1.31 bits per heavy atom. The molecule has 0 aromatic heterocycles. The van der Waals surface area contributed by atoms with Gasteiger partial charge in [0.05, 0.1) is 0 Å². The minimum atomic E-state index is -1.86. The summed E-state index contributed by atoms with van der Waals surface area (Å²) in [6.07, 6.45) is 5.81. The van der Waals surface area contributed by atoms with Crippen molar-refractivity contribution in [3.8, 4) is 0 Å². The minimum absolute atomic E-state index is 1.09. The summed E-state index contributed by atoms with van der Waals surface area (Å²) < 4.78 is 7.21. The van der Waals surface area contributed by atoms with Gasteiger partial charge in [0.1, 0.15) is 0 Å². The fourth-order valence-electron chi connectivity index (χ4n) is 2.95. The van der Waals surface area contributed by atoms with Gasteiger partial charge in [0, 0.05) is 0 Å². The zero-order valence-electron chi connectivity index (χ0n) is 11.7. The average Bonchev–Trinajstić information content (AvgIpc) is 2.51. The van der Waals surface area contributed by atoms with Crippen molar-refractivity contribution in [1.29, 1.82) is 0 Å². The molecule has 0 spiro atoms. The number of rotatable bonds is 4. The van der Waals surface area contributed by atoms with Gasteiger partial charge in [0.25, 0.3) is 0 Å². The van der Waals surface area contributed by atoms with E-state index in [4.69, 9.17) is 0 Å². The van der Waals surface area contributed by atoms with E-state index in [1.807, 2.05) is 0 Å². The first-order chi connectivity index (χ1) is 7.35. The first-order valence-corrected chi connectivity index (χ1v) is 7.59. The summed E-state index contributed by atoms with van der Waals surface area (Å²) in [6, 6.07) is 0. The molecular formula is C12H25N3Si. The highest BCUT2D eigenvalue weighted by molar-refractivity contribution is 6.79. The van der Waals surface area contributed by atoms with Gasteiger partial charge >= 0.3 is 8.56 Å². The van der Waals surface area contributed by atoms with Crippen LogP contribution < -0.4 is 0 Å². The van der Waals surface area contributed by atoms with Gasteiger partial charge in [-0.25, -0.2) is 0 Å². The molecule has 0 unspecified atom stereocenters. The lowest BCUT2D eigenvalue weighted by Crippen LogP contribution is -2.71. The van der Waals surface area contributed by atoms with Crippen molar-refractivity contribution in [2.45, 2.75) is 13.3 Å². The van der Waals surface area contributed by atoms with Crippen LogP contribution in [0.2, 0.25) is 0 Å². The summed E-state index contributed by atoms with van der Waals surface area (Å²) >= 11 is 0. The van der Waals surface area contributed by atoms with Gasteiger partial charge in [-0.1, -0.05) is 17.7 Å². The van der Waals surface area contributed by atoms with Gasteiger partial charge in [-0.05, 0) is 60.8 Å². The van der Waals surface area contributed by atoms with Crippen LogP contribution in [0.5, 0.6) is 0 Å². The predicted molar refractivity (Wildman–Crippen MR) is 73.3 cm³/mol. The molecule has 0 aromatic rings. The highest BCUT2D eigenvalue weighted by atomic mass is 28.4. The van der Waals surface area contributed by atoms with Crippen molar-refractivity contribution in [1.82, 2.24) is 13.7 Å². The van der Waals surface area contributed by atoms with E-state index in [0.29, 0.717) is 0 Å². The van der Waals surface area contributed by atoms with Crippen LogP contribution in [0.3, 0.4) is 0 Å². The Morgan fingerprint density at radius 3 is 1.56 bits per heavy atom. The maximum atomic E-state index is 2.40. The molecule has 0 amide bonds. The zero-order chi connectivity index (χ0) is 12.5. The van der Waals surface area contributed by atoms with E-state index in [9.17, 15) is 0 Å². The van der Waals surface area contributed by atoms with Crippen LogP contribution in [-0.2, 0) is 0 Å². The molecular weight excluding hydrogens is 214 g/mol. The van der Waals surface area contributed by atoms with Gasteiger partial charge in [0.15, 0.2) is 0 Å². The summed E-state index contributed by atoms with van der Waals surface area (Å²) in [6.45, 7) is 2.23. The van der Waals surface area contributed by atoms with E-state index in [0.717, 1.165) is 6.42 Å².